The third-order valence-electron chi connectivity index (χ3n) is 3.92. The number of nitrogens with one attached hydrogen (secondary N) is 1. The molecule has 1 unspecified atom stereocenters. The van der Waals surface area contributed by atoms with Crippen LogP contribution in [0.4, 0.5) is 5.69 Å². The van der Waals surface area contributed by atoms with Gasteiger partial charge in [0.15, 0.2) is 0 Å². The summed E-state index contributed by atoms with van der Waals surface area (Å²) in [4.78, 5) is 14.6. The van der Waals surface area contributed by atoms with Gasteiger partial charge in [-0.15, -0.1) is 0 Å². The maximum atomic E-state index is 12.7. The summed E-state index contributed by atoms with van der Waals surface area (Å²) in [6.07, 6.45) is 1.92. The smallest absolute Gasteiger partial charge is 0.256 e. The molecule has 1 fully saturated rings. The van der Waals surface area contributed by atoms with E-state index in [2.05, 4.69) is 5.32 Å². The van der Waals surface area contributed by atoms with E-state index < -0.39 is 0 Å². The Labute approximate surface area is 125 Å². The monoisotopic (exact) mass is 296 g/mol. The van der Waals surface area contributed by atoms with E-state index in [1.807, 2.05) is 17.9 Å². The standard InChI is InChI=1S/C15H21ClN2O2/c1-15(20-3)7-4-8-18(10-15)14(19)12-9-11(16)5-6-13(12)17-2/h5-6,9,17H,4,7-8,10H2,1-3H3. The van der Waals surface area contributed by atoms with Gasteiger partial charge in [-0.25, -0.2) is 0 Å². The summed E-state index contributed by atoms with van der Waals surface area (Å²) in [5.41, 5.74) is 1.15. The van der Waals surface area contributed by atoms with Crippen LogP contribution >= 0.6 is 11.6 Å². The second-order valence-corrected chi connectivity index (χ2v) is 5.86. The number of piperidine rings is 1. The molecule has 110 valence electrons. The third-order valence-corrected chi connectivity index (χ3v) is 4.16. The zero-order valence-corrected chi connectivity index (χ0v) is 13.0. The van der Waals surface area contributed by atoms with Crippen LogP contribution in [-0.4, -0.2) is 43.7 Å². The fourth-order valence-corrected chi connectivity index (χ4v) is 2.80. The minimum Gasteiger partial charge on any atom is -0.387 e. The molecular formula is C15H21ClN2O2. The van der Waals surface area contributed by atoms with Crippen LogP contribution in [0.2, 0.25) is 5.02 Å². The first-order valence-electron chi connectivity index (χ1n) is 6.81. The highest BCUT2D eigenvalue weighted by molar-refractivity contribution is 6.31. The second-order valence-electron chi connectivity index (χ2n) is 5.42. The van der Waals surface area contributed by atoms with Crippen LogP contribution in [-0.2, 0) is 4.74 Å². The quantitative estimate of drug-likeness (QED) is 0.932. The normalized spacial score (nSPS) is 22.7. The number of ether oxygens (including phenoxy) is 1. The number of amides is 1. The Balaban J connectivity index is 2.25. The maximum absolute atomic E-state index is 12.7. The first-order valence-corrected chi connectivity index (χ1v) is 7.18. The summed E-state index contributed by atoms with van der Waals surface area (Å²) in [6, 6.07) is 5.32. The Kier molecular flexibility index (Phi) is 4.55. The van der Waals surface area contributed by atoms with Crippen molar-refractivity contribution < 1.29 is 9.53 Å². The van der Waals surface area contributed by atoms with E-state index >= 15 is 0 Å². The summed E-state index contributed by atoms with van der Waals surface area (Å²) in [5, 5.41) is 3.61. The molecule has 0 saturated carbocycles. The number of methoxy groups -OCH3 is 1. The molecule has 1 heterocycles. The lowest BCUT2D eigenvalue weighted by molar-refractivity contribution is -0.0439. The average molecular weight is 297 g/mol. The fourth-order valence-electron chi connectivity index (χ4n) is 2.63. The number of hydrogen-bond donors (Lipinski definition) is 1. The van der Waals surface area contributed by atoms with Crippen molar-refractivity contribution in [3.05, 3.63) is 28.8 Å². The van der Waals surface area contributed by atoms with Gasteiger partial charge < -0.3 is 15.0 Å². The van der Waals surface area contributed by atoms with E-state index in [-0.39, 0.29) is 11.5 Å². The second kappa shape index (κ2) is 6.02. The van der Waals surface area contributed by atoms with Crippen molar-refractivity contribution in [2.24, 2.45) is 0 Å². The van der Waals surface area contributed by atoms with Gasteiger partial charge in [0.2, 0.25) is 0 Å². The fraction of sp³-hybridized carbons (Fsp3) is 0.533. The number of carbonyl (C=O) groups is 1. The van der Waals surface area contributed by atoms with Crippen LogP contribution in [0, 0.1) is 0 Å². The molecule has 0 radical (unpaired) electrons. The Morgan fingerprint density at radius 3 is 2.90 bits per heavy atom. The Bertz CT molecular complexity index is 507. The summed E-state index contributed by atoms with van der Waals surface area (Å²) < 4.78 is 5.54. The summed E-state index contributed by atoms with van der Waals surface area (Å²) in [7, 11) is 3.50. The molecule has 1 aliphatic rings. The molecule has 0 bridgehead atoms. The van der Waals surface area contributed by atoms with Gasteiger partial charge in [0, 0.05) is 38.0 Å². The molecule has 1 amide bonds. The number of carbonyl (C=O) groups excluding carboxylic acids is 1. The van der Waals surface area contributed by atoms with Crippen molar-refractivity contribution in [2.45, 2.75) is 25.4 Å². The van der Waals surface area contributed by atoms with E-state index in [0.29, 0.717) is 17.1 Å². The van der Waals surface area contributed by atoms with E-state index in [0.717, 1.165) is 25.1 Å². The lowest BCUT2D eigenvalue weighted by atomic mass is 9.94. The molecule has 1 atom stereocenters. The molecule has 1 aromatic rings. The van der Waals surface area contributed by atoms with Gasteiger partial charge in [-0.3, -0.25) is 4.79 Å². The SMILES string of the molecule is CNc1ccc(Cl)cc1C(=O)N1CCCC(C)(OC)C1. The molecule has 0 aromatic heterocycles. The zero-order chi connectivity index (χ0) is 14.8. The number of rotatable bonds is 3. The van der Waals surface area contributed by atoms with Crippen molar-refractivity contribution in [1.29, 1.82) is 0 Å². The Hall–Kier alpha value is -1.26. The first-order chi connectivity index (χ1) is 9.49. The highest BCUT2D eigenvalue weighted by Gasteiger charge is 2.33. The van der Waals surface area contributed by atoms with E-state index in [4.69, 9.17) is 16.3 Å². The number of benzene rings is 1. The predicted molar refractivity (Wildman–Crippen MR) is 81.6 cm³/mol. The van der Waals surface area contributed by atoms with E-state index in [1.165, 1.54) is 0 Å². The maximum Gasteiger partial charge on any atom is 0.256 e. The van der Waals surface area contributed by atoms with Crippen LogP contribution in [0.15, 0.2) is 18.2 Å². The zero-order valence-electron chi connectivity index (χ0n) is 12.2. The molecule has 0 aliphatic carbocycles. The van der Waals surface area contributed by atoms with Crippen molar-refractivity contribution in [2.75, 3.05) is 32.6 Å². The molecule has 1 aromatic carbocycles. The molecule has 1 N–H and O–H groups in total. The molecule has 4 nitrogen and oxygen atoms in total. The molecule has 1 aliphatic heterocycles. The van der Waals surface area contributed by atoms with Crippen LogP contribution in [0.5, 0.6) is 0 Å². The molecule has 5 heteroatoms. The minimum atomic E-state index is -0.258. The molecule has 20 heavy (non-hydrogen) atoms. The molecule has 2 rings (SSSR count). The topological polar surface area (TPSA) is 41.6 Å². The lowest BCUT2D eigenvalue weighted by Crippen LogP contribution is -2.49. The lowest BCUT2D eigenvalue weighted by Gasteiger charge is -2.39. The van der Waals surface area contributed by atoms with Gasteiger partial charge in [0.25, 0.3) is 5.91 Å². The number of hydrogen-bond acceptors (Lipinski definition) is 3. The highest BCUT2D eigenvalue weighted by atomic mass is 35.5. The van der Waals surface area contributed by atoms with E-state index in [9.17, 15) is 4.79 Å². The summed E-state index contributed by atoms with van der Waals surface area (Å²) in [5.74, 6) is -0.000162. The van der Waals surface area contributed by atoms with Gasteiger partial charge in [-0.1, -0.05) is 11.6 Å². The van der Waals surface area contributed by atoms with Crippen molar-refractivity contribution in [3.8, 4) is 0 Å². The van der Waals surface area contributed by atoms with Crippen molar-refractivity contribution >= 4 is 23.2 Å². The summed E-state index contributed by atoms with van der Waals surface area (Å²) >= 11 is 6.02. The number of nitrogens with zero attached hydrogens (tertiary/aromatic N) is 1. The van der Waals surface area contributed by atoms with Gasteiger partial charge in [-0.2, -0.15) is 0 Å². The largest absolute Gasteiger partial charge is 0.387 e. The van der Waals surface area contributed by atoms with Gasteiger partial charge >= 0.3 is 0 Å². The van der Waals surface area contributed by atoms with Gasteiger partial charge in [0.05, 0.1) is 11.2 Å². The average Bonchev–Trinajstić information content (AvgIpc) is 2.46. The van der Waals surface area contributed by atoms with Crippen molar-refractivity contribution in [1.82, 2.24) is 4.90 Å². The van der Waals surface area contributed by atoms with Crippen LogP contribution in [0.25, 0.3) is 0 Å². The van der Waals surface area contributed by atoms with Crippen LogP contribution in [0.1, 0.15) is 30.1 Å². The van der Waals surface area contributed by atoms with E-state index in [1.54, 1.807) is 26.3 Å². The molecule has 1 saturated heterocycles. The van der Waals surface area contributed by atoms with Crippen LogP contribution < -0.4 is 5.32 Å². The number of likely N-dealkylation sites (tertiary alicyclic amines) is 1. The number of halogens is 1. The van der Waals surface area contributed by atoms with Gasteiger partial charge in [-0.05, 0) is 38.0 Å². The van der Waals surface area contributed by atoms with Gasteiger partial charge in [0.1, 0.15) is 0 Å². The van der Waals surface area contributed by atoms with Crippen molar-refractivity contribution in [3.63, 3.8) is 0 Å². The third kappa shape index (κ3) is 3.07. The predicted octanol–water partition coefficient (Wildman–Crippen LogP) is 3.02. The molecule has 0 spiro atoms. The van der Waals surface area contributed by atoms with Crippen LogP contribution in [0.3, 0.4) is 0 Å². The minimum absolute atomic E-state index is 0.000162. The Morgan fingerprint density at radius 2 is 2.25 bits per heavy atom. The number of anilines is 1. The first kappa shape index (κ1) is 15.1. The highest BCUT2D eigenvalue weighted by Crippen LogP contribution is 2.27. The Morgan fingerprint density at radius 1 is 1.50 bits per heavy atom. The molecular weight excluding hydrogens is 276 g/mol. The summed E-state index contributed by atoms with van der Waals surface area (Å²) in [6.45, 7) is 3.41.